The molecule has 0 radical (unpaired) electrons. The van der Waals surface area contributed by atoms with Gasteiger partial charge in [0.05, 0.1) is 3.79 Å². The lowest BCUT2D eigenvalue weighted by Gasteiger charge is -2.49. The third-order valence-corrected chi connectivity index (χ3v) is 6.46. The Morgan fingerprint density at radius 3 is 2.63 bits per heavy atom. The van der Waals surface area contributed by atoms with Crippen LogP contribution in [0.4, 0.5) is 0 Å². The Hall–Kier alpha value is 0.1000. The van der Waals surface area contributed by atoms with Gasteiger partial charge >= 0.3 is 0 Å². The molecule has 2 atom stereocenters. The van der Waals surface area contributed by atoms with Crippen molar-refractivity contribution in [2.45, 2.75) is 56.7 Å². The molecule has 4 heteroatoms. The number of hydrogen-bond acceptors (Lipinski definition) is 3. The zero-order chi connectivity index (χ0) is 13.2. The summed E-state index contributed by atoms with van der Waals surface area (Å²) in [6, 6.07) is 6.85. The first-order valence-electron chi connectivity index (χ1n) is 7.43. The molecule has 1 aromatic rings. The summed E-state index contributed by atoms with van der Waals surface area (Å²) >= 11 is 5.45. The van der Waals surface area contributed by atoms with Gasteiger partial charge in [-0.2, -0.15) is 0 Å². The van der Waals surface area contributed by atoms with Gasteiger partial charge in [-0.25, -0.2) is 0 Å². The van der Waals surface area contributed by atoms with Gasteiger partial charge in [0.1, 0.15) is 0 Å². The van der Waals surface area contributed by atoms with Crippen LogP contribution < -0.4 is 5.32 Å². The summed E-state index contributed by atoms with van der Waals surface area (Å²) in [5.74, 6) is 0. The molecule has 2 saturated heterocycles. The zero-order valence-corrected chi connectivity index (χ0v) is 14.0. The lowest BCUT2D eigenvalue weighted by atomic mass is 9.81. The van der Waals surface area contributed by atoms with E-state index in [1.807, 2.05) is 11.3 Å². The zero-order valence-electron chi connectivity index (χ0n) is 11.6. The van der Waals surface area contributed by atoms with E-state index < -0.39 is 0 Å². The maximum Gasteiger partial charge on any atom is 0.0701 e. The second kappa shape index (κ2) is 6.25. The summed E-state index contributed by atoms with van der Waals surface area (Å²) in [6.45, 7) is 1.25. The van der Waals surface area contributed by atoms with Crippen molar-refractivity contribution in [3.8, 4) is 0 Å². The van der Waals surface area contributed by atoms with Gasteiger partial charge in [-0.05, 0) is 67.2 Å². The van der Waals surface area contributed by atoms with Gasteiger partial charge in [0, 0.05) is 29.5 Å². The highest BCUT2D eigenvalue weighted by atomic mass is 79.9. The maximum atomic E-state index is 3.56. The second-order valence-corrected chi connectivity index (χ2v) is 8.44. The molecule has 19 heavy (non-hydrogen) atoms. The van der Waals surface area contributed by atoms with Crippen LogP contribution in [0.2, 0.25) is 0 Å². The van der Waals surface area contributed by atoms with Crippen LogP contribution >= 0.6 is 27.3 Å². The lowest BCUT2D eigenvalue weighted by Crippen LogP contribution is -2.56. The summed E-state index contributed by atoms with van der Waals surface area (Å²) in [5, 5.41) is 3.50. The van der Waals surface area contributed by atoms with Crippen LogP contribution in [0.3, 0.4) is 0 Å². The van der Waals surface area contributed by atoms with Gasteiger partial charge in [-0.15, -0.1) is 11.3 Å². The van der Waals surface area contributed by atoms with Gasteiger partial charge in [0.15, 0.2) is 0 Å². The largest absolute Gasteiger partial charge is 0.317 e. The highest BCUT2D eigenvalue weighted by molar-refractivity contribution is 9.11. The molecule has 2 nitrogen and oxygen atoms in total. The predicted molar refractivity (Wildman–Crippen MR) is 85.9 cm³/mol. The first-order chi connectivity index (χ1) is 9.26. The first-order valence-corrected chi connectivity index (χ1v) is 9.04. The molecule has 2 aliphatic heterocycles. The van der Waals surface area contributed by atoms with Gasteiger partial charge in [-0.1, -0.05) is 6.42 Å². The quantitative estimate of drug-likeness (QED) is 0.898. The van der Waals surface area contributed by atoms with Crippen molar-refractivity contribution < 1.29 is 0 Å². The number of nitrogens with one attached hydrogen (secondary N) is 1. The minimum atomic E-state index is 0.752. The number of piperidine rings is 2. The van der Waals surface area contributed by atoms with Crippen molar-refractivity contribution in [1.82, 2.24) is 10.2 Å². The van der Waals surface area contributed by atoms with Crippen LogP contribution in [0, 0.1) is 0 Å². The third kappa shape index (κ3) is 3.23. The standard InChI is InChI=1S/C15H23BrN2S/c1-17-11-9-12-3-2-4-13(10-11)18(12)8-7-14-5-6-15(16)19-14/h5-6,11-13,17H,2-4,7-10H2,1H3. The van der Waals surface area contributed by atoms with E-state index in [-0.39, 0.29) is 0 Å². The summed E-state index contributed by atoms with van der Waals surface area (Å²) in [5.41, 5.74) is 0. The molecule has 0 saturated carbocycles. The molecule has 3 heterocycles. The fraction of sp³-hybridized carbons (Fsp3) is 0.733. The van der Waals surface area contributed by atoms with E-state index in [9.17, 15) is 0 Å². The summed E-state index contributed by atoms with van der Waals surface area (Å²) in [7, 11) is 2.12. The van der Waals surface area contributed by atoms with Crippen molar-refractivity contribution in [3.63, 3.8) is 0 Å². The molecular weight excluding hydrogens is 320 g/mol. The van der Waals surface area contributed by atoms with Crippen LogP contribution in [0.15, 0.2) is 15.9 Å². The van der Waals surface area contributed by atoms with Crippen LogP contribution in [-0.2, 0) is 6.42 Å². The summed E-state index contributed by atoms with van der Waals surface area (Å²) in [6.07, 6.45) is 8.16. The highest BCUT2D eigenvalue weighted by Crippen LogP contribution is 2.34. The molecule has 2 unspecified atom stereocenters. The van der Waals surface area contributed by atoms with E-state index in [1.165, 1.54) is 53.7 Å². The molecular formula is C15H23BrN2S. The summed E-state index contributed by atoms with van der Waals surface area (Å²) < 4.78 is 1.26. The van der Waals surface area contributed by atoms with Crippen molar-refractivity contribution in [2.75, 3.05) is 13.6 Å². The molecule has 1 N–H and O–H groups in total. The average Bonchev–Trinajstić information content (AvgIpc) is 2.81. The average molecular weight is 343 g/mol. The van der Waals surface area contributed by atoms with Crippen LogP contribution in [0.5, 0.6) is 0 Å². The fourth-order valence-electron chi connectivity index (χ4n) is 3.80. The Labute approximate surface area is 128 Å². The van der Waals surface area contributed by atoms with E-state index in [0.29, 0.717) is 0 Å². The number of thiophene rings is 1. The third-order valence-electron chi connectivity index (χ3n) is 4.78. The molecule has 2 fully saturated rings. The smallest absolute Gasteiger partial charge is 0.0701 e. The second-order valence-electron chi connectivity index (χ2n) is 5.89. The summed E-state index contributed by atoms with van der Waals surface area (Å²) in [4.78, 5) is 4.33. The molecule has 0 aliphatic carbocycles. The van der Waals surface area contributed by atoms with E-state index in [2.05, 4.69) is 45.3 Å². The van der Waals surface area contributed by atoms with Crippen molar-refractivity contribution in [1.29, 1.82) is 0 Å². The van der Waals surface area contributed by atoms with Gasteiger partial charge < -0.3 is 5.32 Å². The molecule has 0 amide bonds. The lowest BCUT2D eigenvalue weighted by molar-refractivity contribution is 0.0272. The minimum absolute atomic E-state index is 0.752. The molecule has 1 aromatic heterocycles. The minimum Gasteiger partial charge on any atom is -0.317 e. The van der Waals surface area contributed by atoms with Crippen LogP contribution in [0.1, 0.15) is 37.0 Å². The number of fused-ring (bicyclic) bond motifs is 2. The molecule has 3 rings (SSSR count). The molecule has 2 aliphatic rings. The van der Waals surface area contributed by atoms with Crippen LogP contribution in [-0.4, -0.2) is 36.6 Å². The van der Waals surface area contributed by atoms with Gasteiger partial charge in [-0.3, -0.25) is 4.90 Å². The van der Waals surface area contributed by atoms with E-state index in [4.69, 9.17) is 0 Å². The number of halogens is 1. The van der Waals surface area contributed by atoms with E-state index >= 15 is 0 Å². The normalized spacial score (nSPS) is 31.6. The van der Waals surface area contributed by atoms with Crippen molar-refractivity contribution in [2.24, 2.45) is 0 Å². The Balaban J connectivity index is 1.61. The highest BCUT2D eigenvalue weighted by Gasteiger charge is 2.37. The topological polar surface area (TPSA) is 15.3 Å². The molecule has 2 bridgehead atoms. The number of rotatable bonds is 4. The maximum absolute atomic E-state index is 3.56. The SMILES string of the molecule is CNC1CC2CCCC(C1)N2CCc1ccc(Br)s1. The van der Waals surface area contributed by atoms with Gasteiger partial charge in [0.2, 0.25) is 0 Å². The van der Waals surface area contributed by atoms with Crippen molar-refractivity contribution in [3.05, 3.63) is 20.8 Å². The molecule has 0 spiro atoms. The first kappa shape index (κ1) is 14.1. The Bertz CT molecular complexity index is 406. The predicted octanol–water partition coefficient (Wildman–Crippen LogP) is 3.66. The monoisotopic (exact) mass is 342 g/mol. The number of hydrogen-bond donors (Lipinski definition) is 1. The van der Waals surface area contributed by atoms with Crippen molar-refractivity contribution >= 4 is 27.3 Å². The van der Waals surface area contributed by atoms with E-state index in [0.717, 1.165) is 18.1 Å². The Morgan fingerprint density at radius 2 is 2.05 bits per heavy atom. The fourth-order valence-corrected chi connectivity index (χ4v) is 5.28. The molecule has 0 aromatic carbocycles. The van der Waals surface area contributed by atoms with Gasteiger partial charge in [0.25, 0.3) is 0 Å². The Kier molecular flexibility index (Phi) is 4.62. The number of nitrogens with zero attached hydrogens (tertiary/aromatic N) is 1. The Morgan fingerprint density at radius 1 is 1.32 bits per heavy atom. The van der Waals surface area contributed by atoms with E-state index in [1.54, 1.807) is 0 Å². The van der Waals surface area contributed by atoms with Crippen LogP contribution in [0.25, 0.3) is 0 Å². The molecule has 106 valence electrons.